The molecule has 132 valence electrons. The normalized spacial score (nSPS) is 10.3. The van der Waals surface area contributed by atoms with Gasteiger partial charge in [0.25, 0.3) is 0 Å². The van der Waals surface area contributed by atoms with Crippen molar-refractivity contribution in [1.82, 2.24) is 10.2 Å². The van der Waals surface area contributed by atoms with Gasteiger partial charge in [-0.2, -0.15) is 0 Å². The van der Waals surface area contributed by atoms with Crippen LogP contribution >= 0.6 is 23.1 Å². The third-order valence-electron chi connectivity index (χ3n) is 3.29. The van der Waals surface area contributed by atoms with Gasteiger partial charge in [0, 0.05) is 12.6 Å². The second kappa shape index (κ2) is 8.59. The summed E-state index contributed by atoms with van der Waals surface area (Å²) >= 11 is 2.52. The van der Waals surface area contributed by atoms with E-state index in [1.807, 2.05) is 54.6 Å². The lowest BCUT2D eigenvalue weighted by Gasteiger charge is -2.06. The van der Waals surface area contributed by atoms with Crippen molar-refractivity contribution in [2.45, 2.75) is 11.3 Å². The van der Waals surface area contributed by atoms with E-state index < -0.39 is 0 Å². The second-order valence-electron chi connectivity index (χ2n) is 5.33. The zero-order chi connectivity index (χ0) is 18.4. The van der Waals surface area contributed by atoms with Crippen molar-refractivity contribution >= 4 is 45.7 Å². The predicted octanol–water partition coefficient (Wildman–Crippen LogP) is 3.89. The van der Waals surface area contributed by atoms with Crippen molar-refractivity contribution in [3.05, 3.63) is 54.6 Å². The molecule has 3 aromatic rings. The molecule has 0 radical (unpaired) electrons. The summed E-state index contributed by atoms with van der Waals surface area (Å²) in [6, 6.07) is 17.8. The van der Waals surface area contributed by atoms with Crippen molar-refractivity contribution < 1.29 is 9.59 Å². The molecule has 0 aliphatic rings. The first-order valence-corrected chi connectivity index (χ1v) is 9.59. The fraction of sp³-hybridized carbons (Fsp3) is 0.111. The molecule has 1 heterocycles. The summed E-state index contributed by atoms with van der Waals surface area (Å²) in [7, 11) is 0. The Hall–Kier alpha value is -2.71. The number of aromatic nitrogens is 2. The number of anilines is 2. The van der Waals surface area contributed by atoms with E-state index in [1.165, 1.54) is 30.0 Å². The average molecular weight is 384 g/mol. The van der Waals surface area contributed by atoms with Crippen LogP contribution in [0.5, 0.6) is 0 Å². The fourth-order valence-electron chi connectivity index (χ4n) is 2.17. The van der Waals surface area contributed by atoms with Crippen molar-refractivity contribution in [3.63, 3.8) is 0 Å². The topological polar surface area (TPSA) is 84.0 Å². The van der Waals surface area contributed by atoms with E-state index in [9.17, 15) is 9.59 Å². The molecule has 0 aliphatic heterocycles. The Morgan fingerprint density at radius 1 is 0.962 bits per heavy atom. The molecule has 3 rings (SSSR count). The Kier molecular flexibility index (Phi) is 5.98. The van der Waals surface area contributed by atoms with Crippen molar-refractivity contribution in [3.8, 4) is 11.1 Å². The standard InChI is InChI=1S/C18H16N4O2S2/c1-12(23)19-17-21-22-18(26-17)25-11-16(24)20-15-9-7-14(8-10-15)13-5-3-2-4-6-13/h2-10H,11H2,1H3,(H,20,24)(H,19,21,23). The molecule has 8 heteroatoms. The Balaban J connectivity index is 1.52. The van der Waals surface area contributed by atoms with Crippen LogP contribution in [0.15, 0.2) is 58.9 Å². The van der Waals surface area contributed by atoms with Gasteiger partial charge < -0.3 is 10.6 Å². The van der Waals surface area contributed by atoms with Gasteiger partial charge in [-0.3, -0.25) is 9.59 Å². The molecule has 0 saturated carbocycles. The van der Waals surface area contributed by atoms with Crippen LogP contribution in [0, 0.1) is 0 Å². The van der Waals surface area contributed by atoms with Gasteiger partial charge in [-0.15, -0.1) is 10.2 Å². The third-order valence-corrected chi connectivity index (χ3v) is 5.26. The summed E-state index contributed by atoms with van der Waals surface area (Å²) in [5.74, 6) is -0.108. The zero-order valence-electron chi connectivity index (χ0n) is 13.9. The molecule has 0 saturated heterocycles. The highest BCUT2D eigenvalue weighted by Crippen LogP contribution is 2.26. The summed E-state index contributed by atoms with van der Waals surface area (Å²) in [6.07, 6.45) is 0. The molecule has 6 nitrogen and oxygen atoms in total. The Bertz CT molecular complexity index is 895. The molecule has 0 bridgehead atoms. The first kappa shape index (κ1) is 18.1. The van der Waals surface area contributed by atoms with Crippen LogP contribution in [0.4, 0.5) is 10.8 Å². The number of amides is 2. The molecule has 0 spiro atoms. The van der Waals surface area contributed by atoms with E-state index in [2.05, 4.69) is 20.8 Å². The fourth-order valence-corrected chi connectivity index (χ4v) is 3.77. The Morgan fingerprint density at radius 3 is 2.35 bits per heavy atom. The number of thioether (sulfide) groups is 1. The maximum absolute atomic E-state index is 12.1. The first-order valence-electron chi connectivity index (χ1n) is 7.79. The zero-order valence-corrected chi connectivity index (χ0v) is 15.6. The van der Waals surface area contributed by atoms with Crippen molar-refractivity contribution in [2.24, 2.45) is 0 Å². The molecule has 0 atom stereocenters. The number of rotatable bonds is 6. The molecule has 0 unspecified atom stereocenters. The number of carbonyl (C=O) groups excluding carboxylic acids is 2. The smallest absolute Gasteiger partial charge is 0.234 e. The van der Waals surface area contributed by atoms with Gasteiger partial charge in [0.1, 0.15) is 0 Å². The van der Waals surface area contributed by atoms with E-state index in [-0.39, 0.29) is 17.6 Å². The van der Waals surface area contributed by atoms with Gasteiger partial charge in [0.15, 0.2) is 4.34 Å². The quantitative estimate of drug-likeness (QED) is 0.497. The maximum Gasteiger partial charge on any atom is 0.234 e. The van der Waals surface area contributed by atoms with Gasteiger partial charge in [0.05, 0.1) is 5.75 Å². The Morgan fingerprint density at radius 2 is 1.65 bits per heavy atom. The van der Waals surface area contributed by atoms with Crippen LogP contribution < -0.4 is 10.6 Å². The molecule has 2 aromatic carbocycles. The molecule has 26 heavy (non-hydrogen) atoms. The number of carbonyl (C=O) groups is 2. The Labute approximate surface area is 159 Å². The van der Waals surface area contributed by atoms with E-state index in [4.69, 9.17) is 0 Å². The first-order chi connectivity index (χ1) is 12.6. The molecular formula is C18H16N4O2S2. The summed E-state index contributed by atoms with van der Waals surface area (Å²) in [5, 5.41) is 13.6. The molecule has 2 amide bonds. The molecule has 1 aromatic heterocycles. The van der Waals surface area contributed by atoms with E-state index in [0.29, 0.717) is 9.47 Å². The van der Waals surface area contributed by atoms with Crippen LogP contribution in [0.3, 0.4) is 0 Å². The number of benzene rings is 2. The van der Waals surface area contributed by atoms with Crippen molar-refractivity contribution in [2.75, 3.05) is 16.4 Å². The van der Waals surface area contributed by atoms with Gasteiger partial charge in [0.2, 0.25) is 16.9 Å². The maximum atomic E-state index is 12.1. The lowest BCUT2D eigenvalue weighted by molar-refractivity contribution is -0.114. The summed E-state index contributed by atoms with van der Waals surface area (Å²) in [5.41, 5.74) is 2.97. The van der Waals surface area contributed by atoms with Crippen LogP contribution in [0.1, 0.15) is 6.92 Å². The summed E-state index contributed by atoms with van der Waals surface area (Å²) < 4.78 is 0.628. The SMILES string of the molecule is CC(=O)Nc1nnc(SCC(=O)Nc2ccc(-c3ccccc3)cc2)s1. The number of hydrogen-bond acceptors (Lipinski definition) is 6. The van der Waals surface area contributed by atoms with Crippen LogP contribution in [-0.2, 0) is 9.59 Å². The molecule has 0 fully saturated rings. The summed E-state index contributed by atoms with van der Waals surface area (Å²) in [6.45, 7) is 1.41. The predicted molar refractivity (Wildman–Crippen MR) is 105 cm³/mol. The highest BCUT2D eigenvalue weighted by Gasteiger charge is 2.09. The van der Waals surface area contributed by atoms with Gasteiger partial charge in [-0.1, -0.05) is 65.6 Å². The minimum atomic E-state index is -0.200. The van der Waals surface area contributed by atoms with Crippen LogP contribution in [0.2, 0.25) is 0 Å². The van der Waals surface area contributed by atoms with Gasteiger partial charge in [-0.25, -0.2) is 0 Å². The second-order valence-corrected chi connectivity index (χ2v) is 7.53. The highest BCUT2D eigenvalue weighted by atomic mass is 32.2. The average Bonchev–Trinajstić information content (AvgIpc) is 3.08. The molecular weight excluding hydrogens is 368 g/mol. The van der Waals surface area contributed by atoms with Gasteiger partial charge in [-0.05, 0) is 23.3 Å². The van der Waals surface area contributed by atoms with Crippen LogP contribution in [-0.4, -0.2) is 27.8 Å². The lowest BCUT2D eigenvalue weighted by atomic mass is 10.1. The molecule has 0 aliphatic carbocycles. The number of nitrogens with one attached hydrogen (secondary N) is 2. The van der Waals surface area contributed by atoms with Crippen LogP contribution in [0.25, 0.3) is 11.1 Å². The van der Waals surface area contributed by atoms with Crippen molar-refractivity contribution in [1.29, 1.82) is 0 Å². The van der Waals surface area contributed by atoms with E-state index >= 15 is 0 Å². The monoisotopic (exact) mass is 384 g/mol. The largest absolute Gasteiger partial charge is 0.325 e. The van der Waals surface area contributed by atoms with E-state index in [0.717, 1.165) is 16.8 Å². The number of hydrogen-bond donors (Lipinski definition) is 2. The summed E-state index contributed by atoms with van der Waals surface area (Å²) in [4.78, 5) is 23.0. The van der Waals surface area contributed by atoms with Gasteiger partial charge >= 0.3 is 0 Å². The number of nitrogens with zero attached hydrogens (tertiary/aromatic N) is 2. The minimum absolute atomic E-state index is 0.126. The molecule has 2 N–H and O–H groups in total. The third kappa shape index (κ3) is 5.14. The van der Waals surface area contributed by atoms with E-state index in [1.54, 1.807) is 0 Å². The highest BCUT2D eigenvalue weighted by molar-refractivity contribution is 8.01. The minimum Gasteiger partial charge on any atom is -0.325 e. The lowest BCUT2D eigenvalue weighted by Crippen LogP contribution is -2.13.